The van der Waals surface area contributed by atoms with E-state index in [9.17, 15) is 4.79 Å². The first-order valence-electron chi connectivity index (χ1n) is 3.87. The number of hydrogen-bond acceptors (Lipinski definition) is 2. The van der Waals surface area contributed by atoms with Crippen LogP contribution in [0.1, 0.15) is 32.6 Å². The smallest absolute Gasteiger partial charge is 0.138 e. The van der Waals surface area contributed by atoms with Crippen LogP contribution < -0.4 is 0 Å². The summed E-state index contributed by atoms with van der Waals surface area (Å²) in [7, 11) is 0. The molecule has 1 aliphatic rings. The van der Waals surface area contributed by atoms with Gasteiger partial charge in [-0.3, -0.25) is 9.79 Å². The zero-order valence-corrected chi connectivity index (χ0v) is 6.39. The highest BCUT2D eigenvalue weighted by atomic mass is 16.1. The zero-order chi connectivity index (χ0) is 7.40. The van der Waals surface area contributed by atoms with E-state index in [4.69, 9.17) is 0 Å². The number of aliphatic imine (C=N–C) groups is 1. The Hall–Kier alpha value is -0.660. The third-order valence-electron chi connectivity index (χ3n) is 1.70. The van der Waals surface area contributed by atoms with Gasteiger partial charge in [0.1, 0.15) is 5.78 Å². The molecular weight excluding hydrogens is 126 g/mol. The van der Waals surface area contributed by atoms with Crippen molar-refractivity contribution in [1.29, 1.82) is 0 Å². The van der Waals surface area contributed by atoms with Crippen LogP contribution >= 0.6 is 0 Å². The molecule has 0 radical (unpaired) electrons. The van der Waals surface area contributed by atoms with Crippen LogP contribution in [-0.4, -0.2) is 18.0 Å². The summed E-state index contributed by atoms with van der Waals surface area (Å²) in [5.74, 6) is 0.360. The molecule has 0 atom stereocenters. The summed E-state index contributed by atoms with van der Waals surface area (Å²) in [6.45, 7) is 2.83. The highest BCUT2D eigenvalue weighted by Crippen LogP contribution is 2.11. The van der Waals surface area contributed by atoms with Gasteiger partial charge in [-0.2, -0.15) is 0 Å². The minimum atomic E-state index is 0.360. The fraction of sp³-hybridized carbons (Fsp3) is 0.750. The summed E-state index contributed by atoms with van der Waals surface area (Å²) in [5.41, 5.74) is 1.11. The maximum atomic E-state index is 10.9. The summed E-state index contributed by atoms with van der Waals surface area (Å²) in [5, 5.41) is 0. The molecule has 0 spiro atoms. The largest absolute Gasteiger partial charge is 0.299 e. The number of carbonyl (C=O) groups excluding carboxylic acids is 1. The van der Waals surface area contributed by atoms with Gasteiger partial charge in [0.05, 0.1) is 0 Å². The van der Waals surface area contributed by atoms with Crippen molar-refractivity contribution in [3.63, 3.8) is 0 Å². The molecule has 2 nitrogen and oxygen atoms in total. The summed E-state index contributed by atoms with van der Waals surface area (Å²) < 4.78 is 0. The van der Waals surface area contributed by atoms with Gasteiger partial charge in [0.25, 0.3) is 0 Å². The van der Waals surface area contributed by atoms with Crippen LogP contribution in [0.15, 0.2) is 4.99 Å². The van der Waals surface area contributed by atoms with Crippen LogP contribution in [0.3, 0.4) is 0 Å². The van der Waals surface area contributed by atoms with Gasteiger partial charge in [-0.25, -0.2) is 0 Å². The van der Waals surface area contributed by atoms with Crippen molar-refractivity contribution in [2.24, 2.45) is 4.99 Å². The molecule has 0 aromatic carbocycles. The Morgan fingerprint density at radius 1 is 1.50 bits per heavy atom. The molecule has 0 heterocycles. The molecule has 0 aromatic rings. The second-order valence-corrected chi connectivity index (χ2v) is 2.61. The molecule has 1 saturated carbocycles. The Balaban J connectivity index is 2.47. The molecular formula is C8H13NO. The normalized spacial score (nSPS) is 23.7. The van der Waals surface area contributed by atoms with Crippen LogP contribution in [0.4, 0.5) is 0 Å². The standard InChI is InChI=1S/C8H13NO/c1-2-9-7-4-3-5-8(10)6-7/h2-6H2,1H3. The van der Waals surface area contributed by atoms with Crippen LogP contribution in [-0.2, 0) is 4.79 Å². The van der Waals surface area contributed by atoms with Crippen molar-refractivity contribution >= 4 is 11.5 Å². The number of nitrogens with zero attached hydrogens (tertiary/aromatic N) is 1. The Labute approximate surface area is 61.3 Å². The van der Waals surface area contributed by atoms with Gasteiger partial charge in [-0.1, -0.05) is 0 Å². The Kier molecular flexibility index (Phi) is 2.60. The summed E-state index contributed by atoms with van der Waals surface area (Å²) in [6, 6.07) is 0. The number of rotatable bonds is 1. The van der Waals surface area contributed by atoms with E-state index in [1.54, 1.807) is 0 Å². The lowest BCUT2D eigenvalue weighted by Crippen LogP contribution is -2.14. The number of carbonyl (C=O) groups is 1. The molecule has 0 amide bonds. The molecule has 1 aliphatic carbocycles. The third-order valence-corrected chi connectivity index (χ3v) is 1.70. The van der Waals surface area contributed by atoms with E-state index < -0.39 is 0 Å². The van der Waals surface area contributed by atoms with Gasteiger partial charge in [-0.15, -0.1) is 0 Å². The predicted octanol–water partition coefficient (Wildman–Crippen LogP) is 1.59. The number of hydrogen-bond donors (Lipinski definition) is 0. The van der Waals surface area contributed by atoms with Crippen LogP contribution in [0.2, 0.25) is 0 Å². The molecule has 0 N–H and O–H groups in total. The van der Waals surface area contributed by atoms with Crippen LogP contribution in [0, 0.1) is 0 Å². The van der Waals surface area contributed by atoms with E-state index in [0.717, 1.165) is 31.5 Å². The van der Waals surface area contributed by atoms with Gasteiger partial charge in [0.2, 0.25) is 0 Å². The van der Waals surface area contributed by atoms with Crippen LogP contribution in [0.25, 0.3) is 0 Å². The SMILES string of the molecule is CCN=C1CCCC(=O)C1. The molecule has 0 unspecified atom stereocenters. The van der Waals surface area contributed by atoms with E-state index in [1.807, 2.05) is 6.92 Å². The van der Waals surface area contributed by atoms with Crippen molar-refractivity contribution in [2.75, 3.05) is 6.54 Å². The maximum Gasteiger partial charge on any atom is 0.138 e. The Morgan fingerprint density at radius 2 is 2.30 bits per heavy atom. The number of ketones is 1. The van der Waals surface area contributed by atoms with Gasteiger partial charge in [0, 0.05) is 25.1 Å². The van der Waals surface area contributed by atoms with Crippen molar-refractivity contribution in [3.05, 3.63) is 0 Å². The predicted molar refractivity (Wildman–Crippen MR) is 41.5 cm³/mol. The molecule has 0 saturated heterocycles. The van der Waals surface area contributed by atoms with Crippen molar-refractivity contribution in [2.45, 2.75) is 32.6 Å². The topological polar surface area (TPSA) is 29.4 Å². The fourth-order valence-electron chi connectivity index (χ4n) is 1.25. The lowest BCUT2D eigenvalue weighted by Gasteiger charge is -2.10. The molecule has 56 valence electrons. The van der Waals surface area contributed by atoms with Crippen molar-refractivity contribution in [1.82, 2.24) is 0 Å². The fourth-order valence-corrected chi connectivity index (χ4v) is 1.25. The zero-order valence-electron chi connectivity index (χ0n) is 6.39. The van der Waals surface area contributed by atoms with Crippen LogP contribution in [0.5, 0.6) is 0 Å². The summed E-state index contributed by atoms with van der Waals surface area (Å²) in [4.78, 5) is 15.1. The maximum absolute atomic E-state index is 10.9. The molecule has 2 heteroatoms. The van der Waals surface area contributed by atoms with Gasteiger partial charge in [0.15, 0.2) is 0 Å². The number of Topliss-reactive ketones (excluding diaryl/α,β-unsaturated/α-hetero) is 1. The monoisotopic (exact) mass is 139 g/mol. The van der Waals surface area contributed by atoms with Crippen molar-refractivity contribution in [3.8, 4) is 0 Å². The van der Waals surface area contributed by atoms with E-state index in [1.165, 1.54) is 0 Å². The van der Waals surface area contributed by atoms with E-state index >= 15 is 0 Å². The van der Waals surface area contributed by atoms with Gasteiger partial charge >= 0.3 is 0 Å². The minimum absolute atomic E-state index is 0.360. The van der Waals surface area contributed by atoms with Gasteiger partial charge < -0.3 is 0 Å². The van der Waals surface area contributed by atoms with E-state index in [-0.39, 0.29) is 0 Å². The highest BCUT2D eigenvalue weighted by Gasteiger charge is 2.12. The van der Waals surface area contributed by atoms with Gasteiger partial charge in [-0.05, 0) is 19.8 Å². The molecule has 1 rings (SSSR count). The van der Waals surface area contributed by atoms with E-state index in [2.05, 4.69) is 4.99 Å². The molecule has 0 bridgehead atoms. The summed E-state index contributed by atoms with van der Waals surface area (Å²) in [6.07, 6.45) is 3.44. The molecule has 10 heavy (non-hydrogen) atoms. The first-order valence-corrected chi connectivity index (χ1v) is 3.87. The molecule has 0 aromatic heterocycles. The highest BCUT2D eigenvalue weighted by molar-refractivity contribution is 6.03. The molecule has 1 fully saturated rings. The third kappa shape index (κ3) is 1.94. The minimum Gasteiger partial charge on any atom is -0.299 e. The summed E-state index contributed by atoms with van der Waals surface area (Å²) >= 11 is 0. The second-order valence-electron chi connectivity index (χ2n) is 2.61. The van der Waals surface area contributed by atoms with Crippen molar-refractivity contribution < 1.29 is 4.79 Å². The average Bonchev–Trinajstić information content (AvgIpc) is 1.88. The lowest BCUT2D eigenvalue weighted by atomic mass is 9.97. The molecule has 0 aliphatic heterocycles. The average molecular weight is 139 g/mol. The Bertz CT molecular complexity index is 161. The Morgan fingerprint density at radius 3 is 2.90 bits per heavy atom. The first kappa shape index (κ1) is 7.45. The first-order chi connectivity index (χ1) is 4.83. The van der Waals surface area contributed by atoms with E-state index in [0.29, 0.717) is 12.2 Å². The lowest BCUT2D eigenvalue weighted by molar-refractivity contribution is -0.118. The second kappa shape index (κ2) is 3.49. The quantitative estimate of drug-likeness (QED) is 0.542.